The third kappa shape index (κ3) is 3.40. The quantitative estimate of drug-likeness (QED) is 0.400. The van der Waals surface area contributed by atoms with Crippen molar-refractivity contribution < 1.29 is 14.3 Å². The zero-order valence-electron chi connectivity index (χ0n) is 16.3. The van der Waals surface area contributed by atoms with Crippen molar-refractivity contribution >= 4 is 34.0 Å². The van der Waals surface area contributed by atoms with Crippen LogP contribution >= 0.6 is 0 Å². The highest BCUT2D eigenvalue weighted by Crippen LogP contribution is 2.33. The number of carbonyl (C=O) groups is 1. The number of benzene rings is 2. The minimum absolute atomic E-state index is 0.136. The first kappa shape index (κ1) is 18.9. The Morgan fingerprint density at radius 1 is 1.03 bits per heavy atom. The maximum atomic E-state index is 12.8. The summed E-state index contributed by atoms with van der Waals surface area (Å²) in [6.07, 6.45) is 0. The molecule has 1 atom stereocenters. The van der Waals surface area contributed by atoms with Crippen LogP contribution in [-0.2, 0) is 9.47 Å². The van der Waals surface area contributed by atoms with Crippen LogP contribution in [0.5, 0.6) is 0 Å². The summed E-state index contributed by atoms with van der Waals surface area (Å²) in [7, 11) is 1.55. The molecule has 7 heteroatoms. The number of ether oxygens (including phenoxy) is 2. The summed E-state index contributed by atoms with van der Waals surface area (Å²) in [5, 5.41) is 0. The Bertz CT molecular complexity index is 1170. The fourth-order valence-electron chi connectivity index (χ4n) is 3.45. The van der Waals surface area contributed by atoms with Gasteiger partial charge in [0.25, 0.3) is 0 Å². The van der Waals surface area contributed by atoms with E-state index in [1.807, 2.05) is 66.1 Å². The van der Waals surface area contributed by atoms with Crippen molar-refractivity contribution in [3.8, 4) is 0 Å². The molecular formula is C22H22N4O3. The van der Waals surface area contributed by atoms with Gasteiger partial charge in [-0.3, -0.25) is 0 Å². The van der Waals surface area contributed by atoms with E-state index in [9.17, 15) is 4.79 Å². The van der Waals surface area contributed by atoms with Crippen LogP contribution in [0.2, 0.25) is 0 Å². The van der Waals surface area contributed by atoms with Gasteiger partial charge in [-0.15, -0.1) is 0 Å². The molecular weight excluding hydrogens is 368 g/mol. The van der Waals surface area contributed by atoms with E-state index in [-0.39, 0.29) is 24.0 Å². The number of nitrogen functional groups attached to an aromatic ring is 1. The van der Waals surface area contributed by atoms with Crippen molar-refractivity contribution in [3.05, 3.63) is 65.7 Å². The Kier molecular flexibility index (Phi) is 5.14. The Labute approximate surface area is 168 Å². The summed E-state index contributed by atoms with van der Waals surface area (Å²) >= 11 is 0. The van der Waals surface area contributed by atoms with Crippen molar-refractivity contribution in [1.29, 1.82) is 0 Å². The van der Waals surface area contributed by atoms with Gasteiger partial charge in [0, 0.05) is 7.11 Å². The average Bonchev–Trinajstić information content (AvgIpc) is 3.03. The normalized spacial score (nSPS) is 12.3. The monoisotopic (exact) mass is 390 g/mol. The standard InChI is InChI=1S/C22H22N4O3/c1-14(15-8-4-3-5-9-15)26-20(23)18(22(27)29-13-12-28-2)19-21(26)25-17-11-7-6-10-16(17)24-19/h3-11,14H,12-13,23H2,1-2H3/t14-/m0/s1. The molecule has 0 saturated heterocycles. The summed E-state index contributed by atoms with van der Waals surface area (Å²) in [6, 6.07) is 17.3. The molecule has 29 heavy (non-hydrogen) atoms. The third-order valence-corrected chi connectivity index (χ3v) is 4.93. The number of nitrogens with zero attached hydrogens (tertiary/aromatic N) is 3. The summed E-state index contributed by atoms with van der Waals surface area (Å²) in [5.41, 5.74) is 10.2. The van der Waals surface area contributed by atoms with Gasteiger partial charge >= 0.3 is 5.97 Å². The molecule has 0 spiro atoms. The number of hydrogen-bond acceptors (Lipinski definition) is 6. The number of esters is 1. The van der Waals surface area contributed by atoms with E-state index >= 15 is 0 Å². The van der Waals surface area contributed by atoms with Crippen molar-refractivity contribution in [3.63, 3.8) is 0 Å². The molecule has 4 aromatic rings. The van der Waals surface area contributed by atoms with E-state index < -0.39 is 5.97 Å². The smallest absolute Gasteiger partial charge is 0.344 e. The van der Waals surface area contributed by atoms with Gasteiger partial charge in [-0.1, -0.05) is 42.5 Å². The molecule has 0 aliphatic rings. The minimum atomic E-state index is -0.534. The lowest BCUT2D eigenvalue weighted by atomic mass is 10.1. The molecule has 2 heterocycles. The van der Waals surface area contributed by atoms with Gasteiger partial charge in [-0.2, -0.15) is 0 Å². The minimum Gasteiger partial charge on any atom is -0.459 e. The predicted molar refractivity (Wildman–Crippen MR) is 112 cm³/mol. The van der Waals surface area contributed by atoms with Gasteiger partial charge in [-0.25, -0.2) is 14.8 Å². The number of para-hydroxylation sites is 2. The van der Waals surface area contributed by atoms with Gasteiger partial charge in [0.15, 0.2) is 5.65 Å². The summed E-state index contributed by atoms with van der Waals surface area (Å²) in [5.74, 6) is -0.248. The number of aromatic nitrogens is 3. The van der Waals surface area contributed by atoms with E-state index in [2.05, 4.69) is 4.98 Å². The van der Waals surface area contributed by atoms with Crippen molar-refractivity contribution in [2.75, 3.05) is 26.1 Å². The van der Waals surface area contributed by atoms with Gasteiger partial charge in [0.1, 0.15) is 23.5 Å². The summed E-state index contributed by atoms with van der Waals surface area (Å²) in [4.78, 5) is 22.3. The van der Waals surface area contributed by atoms with Gasteiger partial charge < -0.3 is 19.8 Å². The molecule has 0 fully saturated rings. The first-order valence-electron chi connectivity index (χ1n) is 9.39. The van der Waals surface area contributed by atoms with Crippen LogP contribution in [0.15, 0.2) is 54.6 Å². The van der Waals surface area contributed by atoms with Crippen LogP contribution in [0.1, 0.15) is 28.9 Å². The Hall–Kier alpha value is -3.45. The van der Waals surface area contributed by atoms with Crippen LogP contribution in [0.3, 0.4) is 0 Å². The molecule has 7 nitrogen and oxygen atoms in total. The molecule has 2 aromatic carbocycles. The third-order valence-electron chi connectivity index (χ3n) is 4.93. The molecule has 0 aliphatic heterocycles. The fourth-order valence-corrected chi connectivity index (χ4v) is 3.45. The zero-order valence-corrected chi connectivity index (χ0v) is 16.3. The number of carbonyl (C=O) groups excluding carboxylic acids is 1. The molecule has 2 N–H and O–H groups in total. The fraction of sp³-hybridized carbons (Fsp3) is 0.227. The second-order valence-corrected chi connectivity index (χ2v) is 6.73. The van der Waals surface area contributed by atoms with E-state index in [1.165, 1.54) is 0 Å². The number of rotatable bonds is 6. The van der Waals surface area contributed by atoms with E-state index in [0.717, 1.165) is 11.1 Å². The van der Waals surface area contributed by atoms with E-state index in [0.29, 0.717) is 23.3 Å². The highest BCUT2D eigenvalue weighted by atomic mass is 16.6. The molecule has 4 rings (SSSR count). The topological polar surface area (TPSA) is 92.3 Å². The van der Waals surface area contributed by atoms with Crippen LogP contribution in [0, 0.1) is 0 Å². The number of methoxy groups -OCH3 is 1. The van der Waals surface area contributed by atoms with Crippen molar-refractivity contribution in [1.82, 2.24) is 14.5 Å². The number of nitrogens with two attached hydrogens (primary N) is 1. The molecule has 0 unspecified atom stereocenters. The van der Waals surface area contributed by atoms with Crippen molar-refractivity contribution in [2.24, 2.45) is 0 Å². The molecule has 0 bridgehead atoms. The Morgan fingerprint density at radius 3 is 2.38 bits per heavy atom. The molecule has 148 valence electrons. The molecule has 0 amide bonds. The second kappa shape index (κ2) is 7.89. The molecule has 0 radical (unpaired) electrons. The SMILES string of the molecule is COCCOC(=O)c1c(N)n([C@@H](C)c2ccccc2)c2nc3ccccc3nc12. The Morgan fingerprint density at radius 2 is 1.69 bits per heavy atom. The van der Waals surface area contributed by atoms with Gasteiger partial charge in [0.05, 0.1) is 23.7 Å². The highest BCUT2D eigenvalue weighted by molar-refractivity contribution is 6.08. The highest BCUT2D eigenvalue weighted by Gasteiger charge is 2.27. The number of fused-ring (bicyclic) bond motifs is 2. The predicted octanol–water partition coefficient (Wildman–Crippen LogP) is 3.58. The second-order valence-electron chi connectivity index (χ2n) is 6.73. The van der Waals surface area contributed by atoms with Crippen LogP contribution in [0.25, 0.3) is 22.2 Å². The van der Waals surface area contributed by atoms with Crippen LogP contribution in [-0.4, -0.2) is 40.8 Å². The van der Waals surface area contributed by atoms with Gasteiger partial charge in [0.2, 0.25) is 0 Å². The number of anilines is 1. The lowest BCUT2D eigenvalue weighted by Crippen LogP contribution is -2.14. The van der Waals surface area contributed by atoms with Gasteiger partial charge in [-0.05, 0) is 24.6 Å². The lowest BCUT2D eigenvalue weighted by Gasteiger charge is -2.17. The molecule has 2 aromatic heterocycles. The van der Waals surface area contributed by atoms with Crippen LogP contribution < -0.4 is 5.73 Å². The molecule has 0 saturated carbocycles. The maximum absolute atomic E-state index is 12.8. The molecule has 0 aliphatic carbocycles. The van der Waals surface area contributed by atoms with E-state index in [1.54, 1.807) is 7.11 Å². The first-order chi connectivity index (χ1) is 14.1. The lowest BCUT2D eigenvalue weighted by molar-refractivity contribution is 0.0391. The average molecular weight is 390 g/mol. The number of hydrogen-bond donors (Lipinski definition) is 1. The van der Waals surface area contributed by atoms with E-state index in [4.69, 9.17) is 20.2 Å². The van der Waals surface area contributed by atoms with Crippen LogP contribution in [0.4, 0.5) is 5.82 Å². The zero-order chi connectivity index (χ0) is 20.4. The maximum Gasteiger partial charge on any atom is 0.344 e. The van der Waals surface area contributed by atoms with Crippen molar-refractivity contribution in [2.45, 2.75) is 13.0 Å². The largest absolute Gasteiger partial charge is 0.459 e. The Balaban J connectivity index is 1.93. The first-order valence-corrected chi connectivity index (χ1v) is 9.39. The summed E-state index contributed by atoms with van der Waals surface area (Å²) in [6.45, 7) is 2.46. The summed E-state index contributed by atoms with van der Waals surface area (Å²) < 4.78 is 12.2.